The molecule has 0 N–H and O–H groups in total. The van der Waals surface area contributed by atoms with Crippen LogP contribution in [-0.2, 0) is 0 Å². The van der Waals surface area contributed by atoms with Crippen molar-refractivity contribution in [3.63, 3.8) is 0 Å². The first-order valence-corrected chi connectivity index (χ1v) is 6.66. The van der Waals surface area contributed by atoms with Crippen LogP contribution in [0, 0.1) is 6.92 Å². The van der Waals surface area contributed by atoms with Crippen molar-refractivity contribution in [1.29, 1.82) is 0 Å². The standard InChI is InChI=1S/C15H11ClN4O/c1-10-4-5-12(7-13(10)16)20-15(14(9-21)18-19-20)11-3-2-6-17-8-11/h2-9H,1H3. The van der Waals surface area contributed by atoms with Crippen LogP contribution < -0.4 is 0 Å². The van der Waals surface area contributed by atoms with Gasteiger partial charge in [0.15, 0.2) is 12.0 Å². The smallest absolute Gasteiger partial charge is 0.172 e. The zero-order chi connectivity index (χ0) is 14.8. The second kappa shape index (κ2) is 5.46. The summed E-state index contributed by atoms with van der Waals surface area (Å²) >= 11 is 6.16. The number of aldehydes is 1. The minimum absolute atomic E-state index is 0.264. The van der Waals surface area contributed by atoms with Crippen LogP contribution >= 0.6 is 11.6 Å². The lowest BCUT2D eigenvalue weighted by Gasteiger charge is -2.08. The van der Waals surface area contributed by atoms with Gasteiger partial charge in [-0.2, -0.15) is 0 Å². The zero-order valence-corrected chi connectivity index (χ0v) is 11.9. The second-order valence-electron chi connectivity index (χ2n) is 4.53. The van der Waals surface area contributed by atoms with Crippen LogP contribution in [0.2, 0.25) is 5.02 Å². The molecular formula is C15H11ClN4O. The van der Waals surface area contributed by atoms with Gasteiger partial charge in [-0.25, -0.2) is 4.68 Å². The summed E-state index contributed by atoms with van der Waals surface area (Å²) < 4.78 is 1.59. The van der Waals surface area contributed by atoms with Crippen LogP contribution in [0.4, 0.5) is 0 Å². The number of pyridine rings is 1. The van der Waals surface area contributed by atoms with Gasteiger partial charge in [0.05, 0.1) is 5.69 Å². The maximum atomic E-state index is 11.2. The molecule has 0 bridgehead atoms. The fraction of sp³-hybridized carbons (Fsp3) is 0.0667. The van der Waals surface area contributed by atoms with Crippen LogP contribution in [-0.4, -0.2) is 26.3 Å². The van der Waals surface area contributed by atoms with Crippen LogP contribution in [0.15, 0.2) is 42.7 Å². The van der Waals surface area contributed by atoms with E-state index in [4.69, 9.17) is 11.6 Å². The van der Waals surface area contributed by atoms with E-state index in [1.165, 1.54) is 0 Å². The summed E-state index contributed by atoms with van der Waals surface area (Å²) in [6.45, 7) is 1.92. The van der Waals surface area contributed by atoms with Crippen molar-refractivity contribution in [2.75, 3.05) is 0 Å². The first-order valence-electron chi connectivity index (χ1n) is 6.28. The number of hydrogen-bond donors (Lipinski definition) is 0. The van der Waals surface area contributed by atoms with Gasteiger partial charge in [-0.15, -0.1) is 5.10 Å². The summed E-state index contributed by atoms with van der Waals surface area (Å²) in [6.07, 6.45) is 4.01. The van der Waals surface area contributed by atoms with Gasteiger partial charge in [0, 0.05) is 23.0 Å². The Morgan fingerprint density at radius 3 is 2.81 bits per heavy atom. The minimum Gasteiger partial charge on any atom is -0.296 e. The highest BCUT2D eigenvalue weighted by molar-refractivity contribution is 6.31. The maximum absolute atomic E-state index is 11.2. The molecule has 0 atom stereocenters. The van der Waals surface area contributed by atoms with E-state index in [1.54, 1.807) is 29.2 Å². The fourth-order valence-corrected chi connectivity index (χ4v) is 2.21. The summed E-state index contributed by atoms with van der Waals surface area (Å²) in [7, 11) is 0. The molecule has 2 heterocycles. The van der Waals surface area contributed by atoms with E-state index in [0.717, 1.165) is 16.8 Å². The van der Waals surface area contributed by atoms with Crippen molar-refractivity contribution in [3.05, 3.63) is 59.0 Å². The quantitative estimate of drug-likeness (QED) is 0.697. The van der Waals surface area contributed by atoms with Crippen molar-refractivity contribution < 1.29 is 4.79 Å². The van der Waals surface area contributed by atoms with Gasteiger partial charge in [-0.05, 0) is 36.8 Å². The number of carbonyl (C=O) groups excluding carboxylic acids is 1. The second-order valence-corrected chi connectivity index (χ2v) is 4.94. The molecule has 21 heavy (non-hydrogen) atoms. The van der Waals surface area contributed by atoms with E-state index in [9.17, 15) is 4.79 Å². The Morgan fingerprint density at radius 2 is 2.14 bits per heavy atom. The first-order chi connectivity index (χ1) is 10.2. The maximum Gasteiger partial charge on any atom is 0.172 e. The van der Waals surface area contributed by atoms with E-state index >= 15 is 0 Å². The SMILES string of the molecule is Cc1ccc(-n2nnc(C=O)c2-c2cccnc2)cc1Cl. The molecule has 2 aromatic heterocycles. The minimum atomic E-state index is 0.264. The number of benzene rings is 1. The molecule has 0 amide bonds. The van der Waals surface area contributed by atoms with Gasteiger partial charge >= 0.3 is 0 Å². The molecule has 0 fully saturated rings. The van der Waals surface area contributed by atoms with Gasteiger partial charge in [0.2, 0.25) is 0 Å². The van der Waals surface area contributed by atoms with Gasteiger partial charge in [-0.3, -0.25) is 9.78 Å². The zero-order valence-electron chi connectivity index (χ0n) is 11.2. The molecule has 104 valence electrons. The average Bonchev–Trinajstić information content (AvgIpc) is 2.95. The molecule has 0 saturated carbocycles. The van der Waals surface area contributed by atoms with E-state index in [2.05, 4.69) is 15.3 Å². The molecule has 3 aromatic rings. The molecule has 0 spiro atoms. The van der Waals surface area contributed by atoms with E-state index in [0.29, 0.717) is 17.0 Å². The lowest BCUT2D eigenvalue weighted by molar-refractivity contribution is 0.111. The Bertz CT molecular complexity index is 799. The van der Waals surface area contributed by atoms with Crippen LogP contribution in [0.3, 0.4) is 0 Å². The molecule has 0 radical (unpaired) electrons. The van der Waals surface area contributed by atoms with Crippen molar-refractivity contribution in [2.45, 2.75) is 6.92 Å². The summed E-state index contributed by atoms with van der Waals surface area (Å²) in [5.74, 6) is 0. The predicted octanol–water partition coefficient (Wildman–Crippen LogP) is 3.10. The van der Waals surface area contributed by atoms with Gasteiger partial charge in [0.25, 0.3) is 0 Å². The number of carbonyl (C=O) groups is 1. The van der Waals surface area contributed by atoms with Crippen molar-refractivity contribution in [2.24, 2.45) is 0 Å². The Morgan fingerprint density at radius 1 is 1.29 bits per heavy atom. The van der Waals surface area contributed by atoms with Crippen molar-refractivity contribution in [3.8, 4) is 16.9 Å². The molecule has 3 rings (SSSR count). The summed E-state index contributed by atoms with van der Waals surface area (Å²) in [5.41, 5.74) is 3.34. The van der Waals surface area contributed by atoms with E-state index < -0.39 is 0 Å². The molecule has 0 aliphatic rings. The molecule has 1 aromatic carbocycles. The third kappa shape index (κ3) is 2.43. The Hall–Kier alpha value is -2.53. The highest BCUT2D eigenvalue weighted by atomic mass is 35.5. The Labute approximate surface area is 126 Å². The lowest BCUT2D eigenvalue weighted by Crippen LogP contribution is -2.00. The van der Waals surface area contributed by atoms with Gasteiger partial charge in [0.1, 0.15) is 5.69 Å². The van der Waals surface area contributed by atoms with Crippen molar-refractivity contribution >= 4 is 17.9 Å². The monoisotopic (exact) mass is 298 g/mol. The third-order valence-corrected chi connectivity index (χ3v) is 3.55. The molecule has 5 nitrogen and oxygen atoms in total. The molecule has 0 aliphatic carbocycles. The Kier molecular flexibility index (Phi) is 3.50. The number of aryl methyl sites for hydroxylation is 1. The fourth-order valence-electron chi connectivity index (χ4n) is 2.04. The predicted molar refractivity (Wildman–Crippen MR) is 79.7 cm³/mol. The van der Waals surface area contributed by atoms with Crippen LogP contribution in [0.25, 0.3) is 16.9 Å². The number of hydrogen-bond acceptors (Lipinski definition) is 4. The number of halogens is 1. The molecule has 0 aliphatic heterocycles. The molecule has 0 saturated heterocycles. The Balaban J connectivity index is 2.22. The van der Waals surface area contributed by atoms with E-state index in [1.807, 2.05) is 25.1 Å². The van der Waals surface area contributed by atoms with Gasteiger partial charge < -0.3 is 0 Å². The largest absolute Gasteiger partial charge is 0.296 e. The first kappa shape index (κ1) is 13.5. The van der Waals surface area contributed by atoms with Crippen molar-refractivity contribution in [1.82, 2.24) is 20.0 Å². The van der Waals surface area contributed by atoms with Crippen LogP contribution in [0.1, 0.15) is 16.1 Å². The lowest BCUT2D eigenvalue weighted by atomic mass is 10.1. The average molecular weight is 299 g/mol. The molecule has 6 heteroatoms. The topological polar surface area (TPSA) is 60.7 Å². The molecular weight excluding hydrogens is 288 g/mol. The van der Waals surface area contributed by atoms with Gasteiger partial charge in [-0.1, -0.05) is 22.9 Å². The number of rotatable bonds is 3. The third-order valence-electron chi connectivity index (χ3n) is 3.14. The summed E-state index contributed by atoms with van der Waals surface area (Å²) in [5, 5.41) is 8.60. The van der Waals surface area contributed by atoms with E-state index in [-0.39, 0.29) is 5.69 Å². The number of aromatic nitrogens is 4. The highest BCUT2D eigenvalue weighted by Gasteiger charge is 2.16. The summed E-state index contributed by atoms with van der Waals surface area (Å²) in [6, 6.07) is 9.21. The summed E-state index contributed by atoms with van der Waals surface area (Å²) in [4.78, 5) is 15.3. The van der Waals surface area contributed by atoms with Crippen LogP contribution in [0.5, 0.6) is 0 Å². The highest BCUT2D eigenvalue weighted by Crippen LogP contribution is 2.26. The molecule has 0 unspecified atom stereocenters. The number of nitrogens with zero attached hydrogens (tertiary/aromatic N) is 4. The normalized spacial score (nSPS) is 10.6.